The molecule has 1 amide bonds. The molecule has 1 aliphatic carbocycles. The second-order valence-corrected chi connectivity index (χ2v) is 8.02. The topological polar surface area (TPSA) is 103 Å². The summed E-state index contributed by atoms with van der Waals surface area (Å²) in [5.74, 6) is 0.556. The summed E-state index contributed by atoms with van der Waals surface area (Å²) in [6.07, 6.45) is 5.85. The predicted molar refractivity (Wildman–Crippen MR) is 104 cm³/mol. The van der Waals surface area contributed by atoms with Crippen molar-refractivity contribution >= 4 is 29.0 Å². The summed E-state index contributed by atoms with van der Waals surface area (Å²) in [6.45, 7) is 3.70. The molecule has 0 radical (unpaired) electrons. The maximum absolute atomic E-state index is 12.6. The first kappa shape index (κ1) is 19.3. The number of nitro groups is 1. The summed E-state index contributed by atoms with van der Waals surface area (Å²) in [4.78, 5) is 23.2. The van der Waals surface area contributed by atoms with E-state index in [1.54, 1.807) is 19.1 Å². The Morgan fingerprint density at radius 2 is 2.00 bits per heavy atom. The second kappa shape index (κ2) is 8.51. The fourth-order valence-electron chi connectivity index (χ4n) is 3.37. The highest BCUT2D eigenvalue weighted by molar-refractivity contribution is 8.00. The summed E-state index contributed by atoms with van der Waals surface area (Å²) in [6, 6.07) is 6.51. The van der Waals surface area contributed by atoms with Gasteiger partial charge in [0, 0.05) is 12.1 Å². The second-order valence-electron chi connectivity index (χ2n) is 6.72. The van der Waals surface area contributed by atoms with Crippen molar-refractivity contribution in [1.29, 1.82) is 0 Å². The Balaban J connectivity index is 1.72. The fraction of sp³-hybridized carbons (Fsp3) is 0.500. The van der Waals surface area contributed by atoms with E-state index in [9.17, 15) is 14.9 Å². The summed E-state index contributed by atoms with van der Waals surface area (Å²) in [5.41, 5.74) is 0.0779. The number of anilines is 1. The van der Waals surface area contributed by atoms with Crippen molar-refractivity contribution < 1.29 is 9.72 Å². The lowest BCUT2D eigenvalue weighted by Crippen LogP contribution is -2.24. The molecule has 1 atom stereocenters. The number of amides is 1. The monoisotopic (exact) mass is 389 g/mol. The number of nitrogens with zero attached hydrogens (tertiary/aromatic N) is 4. The van der Waals surface area contributed by atoms with E-state index in [1.807, 2.05) is 6.92 Å². The van der Waals surface area contributed by atoms with Crippen LogP contribution in [0.25, 0.3) is 0 Å². The third-order valence-corrected chi connectivity index (χ3v) is 5.84. The van der Waals surface area contributed by atoms with E-state index in [2.05, 4.69) is 20.1 Å². The van der Waals surface area contributed by atoms with Gasteiger partial charge in [-0.05, 0) is 32.8 Å². The number of benzene rings is 1. The Labute approximate surface area is 161 Å². The van der Waals surface area contributed by atoms with Crippen LogP contribution in [0.5, 0.6) is 0 Å². The molecule has 1 saturated carbocycles. The average molecular weight is 389 g/mol. The van der Waals surface area contributed by atoms with Crippen LogP contribution in [0.1, 0.15) is 50.9 Å². The van der Waals surface area contributed by atoms with Gasteiger partial charge in [-0.3, -0.25) is 14.9 Å². The third-order valence-electron chi connectivity index (χ3n) is 4.78. The van der Waals surface area contributed by atoms with E-state index in [0.29, 0.717) is 6.04 Å². The number of hydrogen-bond acceptors (Lipinski definition) is 6. The highest BCUT2D eigenvalue weighted by Gasteiger charge is 2.25. The van der Waals surface area contributed by atoms with Crippen molar-refractivity contribution in [3.8, 4) is 0 Å². The first-order chi connectivity index (χ1) is 13.0. The highest BCUT2D eigenvalue weighted by atomic mass is 32.2. The number of para-hydroxylation sites is 2. The van der Waals surface area contributed by atoms with Crippen LogP contribution in [-0.4, -0.2) is 30.8 Å². The molecule has 0 saturated heterocycles. The van der Waals surface area contributed by atoms with Crippen LogP contribution in [0.3, 0.4) is 0 Å². The van der Waals surface area contributed by atoms with Crippen LogP contribution in [-0.2, 0) is 4.79 Å². The Bertz CT molecular complexity index is 832. The molecule has 8 nitrogen and oxygen atoms in total. The van der Waals surface area contributed by atoms with Crippen LogP contribution in [0.15, 0.2) is 29.4 Å². The molecule has 0 aliphatic heterocycles. The smallest absolute Gasteiger partial charge is 0.292 e. The number of nitro benzene ring substituents is 1. The van der Waals surface area contributed by atoms with Crippen molar-refractivity contribution in [3.05, 3.63) is 40.2 Å². The molecule has 1 N–H and O–H groups in total. The summed E-state index contributed by atoms with van der Waals surface area (Å²) >= 11 is 1.33. The number of carbonyl (C=O) groups excluding carboxylic acids is 1. The molecule has 1 heterocycles. The van der Waals surface area contributed by atoms with Gasteiger partial charge < -0.3 is 9.88 Å². The molecule has 0 bridgehead atoms. The van der Waals surface area contributed by atoms with E-state index in [1.165, 1.54) is 43.2 Å². The molecule has 0 unspecified atom stereocenters. The number of hydrogen-bond donors (Lipinski definition) is 1. The van der Waals surface area contributed by atoms with Gasteiger partial charge in [-0.1, -0.05) is 43.2 Å². The zero-order valence-corrected chi connectivity index (χ0v) is 16.2. The minimum absolute atomic E-state index is 0.121. The number of aromatic nitrogens is 3. The number of aryl methyl sites for hydroxylation is 1. The van der Waals surface area contributed by atoms with Gasteiger partial charge in [0.1, 0.15) is 11.5 Å². The summed E-state index contributed by atoms with van der Waals surface area (Å²) in [5, 5.41) is 22.5. The third kappa shape index (κ3) is 4.47. The summed E-state index contributed by atoms with van der Waals surface area (Å²) < 4.78 is 2.14. The molecule has 1 fully saturated rings. The minimum Gasteiger partial charge on any atom is -0.319 e. The maximum Gasteiger partial charge on any atom is 0.292 e. The molecular weight excluding hydrogens is 366 g/mol. The summed E-state index contributed by atoms with van der Waals surface area (Å²) in [7, 11) is 0. The number of rotatable bonds is 6. The number of nitrogens with one attached hydrogen (secondary N) is 1. The molecule has 1 aromatic heterocycles. The van der Waals surface area contributed by atoms with Crippen molar-refractivity contribution in [1.82, 2.24) is 14.8 Å². The molecule has 3 rings (SSSR count). The largest absolute Gasteiger partial charge is 0.319 e. The van der Waals surface area contributed by atoms with Crippen LogP contribution in [0.2, 0.25) is 0 Å². The SMILES string of the molecule is Cc1nnc(S[C@H](C)C(=O)Nc2ccccc2[N+](=O)[O-])n1C1CCCCC1. The average Bonchev–Trinajstić information content (AvgIpc) is 3.02. The molecule has 0 spiro atoms. The van der Waals surface area contributed by atoms with Crippen molar-refractivity contribution in [2.24, 2.45) is 0 Å². The number of thioether (sulfide) groups is 1. The lowest BCUT2D eigenvalue weighted by atomic mass is 9.95. The van der Waals surface area contributed by atoms with Gasteiger partial charge in [0.05, 0.1) is 10.2 Å². The molecule has 1 aliphatic rings. The fourth-order valence-corrected chi connectivity index (χ4v) is 4.34. The molecule has 27 heavy (non-hydrogen) atoms. The highest BCUT2D eigenvalue weighted by Crippen LogP contribution is 2.34. The molecule has 9 heteroatoms. The van der Waals surface area contributed by atoms with Crippen LogP contribution in [0.4, 0.5) is 11.4 Å². The van der Waals surface area contributed by atoms with E-state index >= 15 is 0 Å². The predicted octanol–water partition coefficient (Wildman–Crippen LogP) is 4.12. The zero-order valence-electron chi connectivity index (χ0n) is 15.4. The quantitative estimate of drug-likeness (QED) is 0.453. The van der Waals surface area contributed by atoms with Gasteiger partial charge in [-0.25, -0.2) is 0 Å². The maximum atomic E-state index is 12.6. The van der Waals surface area contributed by atoms with E-state index < -0.39 is 10.2 Å². The van der Waals surface area contributed by atoms with Gasteiger partial charge in [0.15, 0.2) is 5.16 Å². The first-order valence-electron chi connectivity index (χ1n) is 9.10. The molecular formula is C18H23N5O3S. The molecule has 1 aromatic carbocycles. The standard InChI is InChI=1S/C18H23N5O3S/c1-12(17(24)19-15-10-6-7-11-16(15)23(25)26)27-18-21-20-13(2)22(18)14-8-4-3-5-9-14/h6-7,10-12,14H,3-5,8-9H2,1-2H3,(H,19,24)/t12-/m1/s1. The molecule has 2 aromatic rings. The van der Waals surface area contributed by atoms with Crippen molar-refractivity contribution in [2.45, 2.75) is 62.4 Å². The van der Waals surface area contributed by atoms with E-state index in [4.69, 9.17) is 0 Å². The van der Waals surface area contributed by atoms with E-state index in [0.717, 1.165) is 23.8 Å². The Kier molecular flexibility index (Phi) is 6.10. The van der Waals surface area contributed by atoms with Crippen LogP contribution in [0, 0.1) is 17.0 Å². The molecule has 144 valence electrons. The van der Waals surface area contributed by atoms with E-state index in [-0.39, 0.29) is 17.3 Å². The lowest BCUT2D eigenvalue weighted by Gasteiger charge is -2.25. The minimum atomic E-state index is -0.503. The Morgan fingerprint density at radius 3 is 2.70 bits per heavy atom. The van der Waals surface area contributed by atoms with Gasteiger partial charge in [-0.15, -0.1) is 10.2 Å². The van der Waals surface area contributed by atoms with Gasteiger partial charge in [-0.2, -0.15) is 0 Å². The number of carbonyl (C=O) groups is 1. The lowest BCUT2D eigenvalue weighted by molar-refractivity contribution is -0.383. The van der Waals surface area contributed by atoms with Gasteiger partial charge in [0.2, 0.25) is 5.91 Å². The van der Waals surface area contributed by atoms with Crippen molar-refractivity contribution in [2.75, 3.05) is 5.32 Å². The van der Waals surface area contributed by atoms with Gasteiger partial charge in [0.25, 0.3) is 5.69 Å². The normalized spacial score (nSPS) is 16.1. The Morgan fingerprint density at radius 1 is 1.30 bits per heavy atom. The van der Waals surface area contributed by atoms with Crippen LogP contribution < -0.4 is 5.32 Å². The van der Waals surface area contributed by atoms with Gasteiger partial charge >= 0.3 is 0 Å². The first-order valence-corrected chi connectivity index (χ1v) is 9.97. The zero-order chi connectivity index (χ0) is 19.4. The van der Waals surface area contributed by atoms with Crippen molar-refractivity contribution in [3.63, 3.8) is 0 Å². The van der Waals surface area contributed by atoms with Crippen LogP contribution >= 0.6 is 11.8 Å². The Hall–Kier alpha value is -2.42.